The monoisotopic (exact) mass is 478 g/mol. The molecule has 0 saturated carbocycles. The third-order valence-corrected chi connectivity index (χ3v) is 5.75. The Bertz CT molecular complexity index is 1230. The van der Waals surface area contributed by atoms with E-state index in [4.69, 9.17) is 14.6 Å². The number of anilines is 1. The second kappa shape index (κ2) is 10.4. The number of nitrogens with one attached hydrogen (secondary N) is 2. The van der Waals surface area contributed by atoms with E-state index in [1.54, 1.807) is 0 Å². The van der Waals surface area contributed by atoms with Crippen molar-refractivity contribution in [2.45, 2.75) is 12.0 Å². The molecule has 4 rings (SSSR count). The van der Waals surface area contributed by atoms with Crippen molar-refractivity contribution in [3.63, 3.8) is 0 Å². The molecule has 1 aliphatic rings. The molecular formula is C26H23FN2O6. The van der Waals surface area contributed by atoms with Crippen molar-refractivity contribution >= 4 is 23.7 Å². The number of methoxy groups -OCH3 is 1. The Kier molecular flexibility index (Phi) is 7.07. The quantitative estimate of drug-likeness (QED) is 0.451. The first-order valence-corrected chi connectivity index (χ1v) is 10.8. The van der Waals surface area contributed by atoms with Crippen molar-refractivity contribution in [3.8, 4) is 11.1 Å². The fraction of sp³-hybridized carbons (Fsp3) is 0.192. The Morgan fingerprint density at radius 1 is 1.00 bits per heavy atom. The largest absolute Gasteiger partial charge is 0.478 e. The van der Waals surface area contributed by atoms with Gasteiger partial charge in [0, 0.05) is 18.7 Å². The standard InChI is InChI=1S/C26H23FN2O6/c1-34-14-23(24(30)28-15-10-11-20(25(31)32)22(27)12-15)29-26(33)35-13-21-18-8-4-2-6-16(18)17-7-3-5-9-19(17)21/h2-12,21,23H,13-14H2,1H3,(H,28,30)(H,29,33)(H,31,32)/t23-/m0/s1. The average molecular weight is 478 g/mol. The van der Waals surface area contributed by atoms with Crippen LogP contribution < -0.4 is 10.6 Å². The summed E-state index contributed by atoms with van der Waals surface area (Å²) in [4.78, 5) is 36.2. The van der Waals surface area contributed by atoms with Crippen LogP contribution in [0.15, 0.2) is 66.7 Å². The van der Waals surface area contributed by atoms with Gasteiger partial charge in [-0.2, -0.15) is 0 Å². The number of carbonyl (C=O) groups excluding carboxylic acids is 2. The molecular weight excluding hydrogens is 455 g/mol. The summed E-state index contributed by atoms with van der Waals surface area (Å²) in [6.45, 7) is -0.0885. The molecule has 1 aliphatic carbocycles. The topological polar surface area (TPSA) is 114 Å². The van der Waals surface area contributed by atoms with E-state index in [-0.39, 0.29) is 24.8 Å². The summed E-state index contributed by atoms with van der Waals surface area (Å²) in [7, 11) is 1.36. The average Bonchev–Trinajstić information content (AvgIpc) is 3.16. The smallest absolute Gasteiger partial charge is 0.407 e. The third kappa shape index (κ3) is 5.15. The minimum Gasteiger partial charge on any atom is -0.478 e. The highest BCUT2D eigenvalue weighted by molar-refractivity contribution is 5.97. The van der Waals surface area contributed by atoms with Crippen molar-refractivity contribution in [1.82, 2.24) is 5.32 Å². The fourth-order valence-corrected chi connectivity index (χ4v) is 4.13. The molecule has 35 heavy (non-hydrogen) atoms. The number of alkyl carbamates (subject to hydrolysis) is 1. The molecule has 3 N–H and O–H groups in total. The van der Waals surface area contributed by atoms with Crippen LogP contribution in [0.2, 0.25) is 0 Å². The lowest BCUT2D eigenvalue weighted by atomic mass is 9.98. The number of rotatable bonds is 8. The van der Waals surface area contributed by atoms with Gasteiger partial charge in [0.25, 0.3) is 0 Å². The van der Waals surface area contributed by atoms with E-state index in [9.17, 15) is 18.8 Å². The zero-order valence-electron chi connectivity index (χ0n) is 18.8. The Labute approximate surface area is 200 Å². The second-order valence-corrected chi connectivity index (χ2v) is 7.97. The van der Waals surface area contributed by atoms with Crippen LogP contribution in [-0.2, 0) is 14.3 Å². The molecule has 0 saturated heterocycles. The molecule has 0 unspecified atom stereocenters. The van der Waals surface area contributed by atoms with E-state index in [1.165, 1.54) is 13.2 Å². The minimum absolute atomic E-state index is 0.0351. The van der Waals surface area contributed by atoms with E-state index in [0.717, 1.165) is 34.4 Å². The molecule has 0 heterocycles. The van der Waals surface area contributed by atoms with Crippen LogP contribution in [0.25, 0.3) is 11.1 Å². The summed E-state index contributed by atoms with van der Waals surface area (Å²) in [5.74, 6) is -3.24. The highest BCUT2D eigenvalue weighted by Gasteiger charge is 2.30. The zero-order chi connectivity index (χ0) is 24.9. The molecule has 0 bridgehead atoms. The predicted molar refractivity (Wildman–Crippen MR) is 126 cm³/mol. The molecule has 2 amide bonds. The molecule has 0 spiro atoms. The molecule has 3 aromatic rings. The molecule has 0 aromatic heterocycles. The van der Waals surface area contributed by atoms with Crippen LogP contribution >= 0.6 is 0 Å². The van der Waals surface area contributed by atoms with Gasteiger partial charge in [0.1, 0.15) is 18.5 Å². The number of aromatic carboxylic acids is 1. The van der Waals surface area contributed by atoms with Gasteiger partial charge in [-0.25, -0.2) is 14.0 Å². The van der Waals surface area contributed by atoms with Crippen LogP contribution in [-0.4, -0.2) is 49.4 Å². The number of ether oxygens (including phenoxy) is 2. The van der Waals surface area contributed by atoms with Crippen molar-refractivity contribution in [2.24, 2.45) is 0 Å². The number of amides is 2. The van der Waals surface area contributed by atoms with Crippen LogP contribution in [0, 0.1) is 5.82 Å². The Balaban J connectivity index is 1.40. The summed E-state index contributed by atoms with van der Waals surface area (Å²) in [6, 6.07) is 17.9. The Morgan fingerprint density at radius 2 is 1.63 bits per heavy atom. The van der Waals surface area contributed by atoms with Gasteiger partial charge in [-0.05, 0) is 40.5 Å². The van der Waals surface area contributed by atoms with E-state index >= 15 is 0 Å². The van der Waals surface area contributed by atoms with Gasteiger partial charge in [-0.1, -0.05) is 48.5 Å². The molecule has 9 heteroatoms. The lowest BCUT2D eigenvalue weighted by Gasteiger charge is -2.19. The highest BCUT2D eigenvalue weighted by Crippen LogP contribution is 2.44. The molecule has 8 nitrogen and oxygen atoms in total. The van der Waals surface area contributed by atoms with Crippen LogP contribution in [0.4, 0.5) is 14.9 Å². The molecule has 0 radical (unpaired) electrons. The zero-order valence-corrected chi connectivity index (χ0v) is 18.8. The maximum Gasteiger partial charge on any atom is 0.407 e. The first kappa shape index (κ1) is 23.9. The van der Waals surface area contributed by atoms with Gasteiger partial charge in [0.2, 0.25) is 5.91 Å². The molecule has 0 aliphatic heterocycles. The van der Waals surface area contributed by atoms with E-state index in [0.29, 0.717) is 0 Å². The third-order valence-electron chi connectivity index (χ3n) is 5.75. The van der Waals surface area contributed by atoms with E-state index in [1.807, 2.05) is 48.5 Å². The molecule has 1 atom stereocenters. The number of benzene rings is 3. The van der Waals surface area contributed by atoms with Crippen molar-refractivity contribution in [3.05, 3.63) is 89.2 Å². The molecule has 3 aromatic carbocycles. The van der Waals surface area contributed by atoms with Crippen molar-refractivity contribution in [1.29, 1.82) is 0 Å². The molecule has 180 valence electrons. The van der Waals surface area contributed by atoms with Gasteiger partial charge in [0.05, 0.1) is 12.2 Å². The van der Waals surface area contributed by atoms with Crippen LogP contribution in [0.3, 0.4) is 0 Å². The summed E-state index contributed by atoms with van der Waals surface area (Å²) in [5.41, 5.74) is 3.81. The van der Waals surface area contributed by atoms with Gasteiger partial charge in [0.15, 0.2) is 0 Å². The van der Waals surface area contributed by atoms with Gasteiger partial charge in [-0.3, -0.25) is 4.79 Å². The Hall–Kier alpha value is -4.24. The van der Waals surface area contributed by atoms with Crippen molar-refractivity contribution in [2.75, 3.05) is 25.6 Å². The number of carbonyl (C=O) groups is 3. The van der Waals surface area contributed by atoms with Crippen LogP contribution in [0.1, 0.15) is 27.4 Å². The number of fused-ring (bicyclic) bond motifs is 3. The first-order valence-electron chi connectivity index (χ1n) is 10.8. The lowest BCUT2D eigenvalue weighted by Crippen LogP contribution is -2.47. The van der Waals surface area contributed by atoms with Crippen LogP contribution in [0.5, 0.6) is 0 Å². The van der Waals surface area contributed by atoms with Gasteiger partial charge in [-0.15, -0.1) is 0 Å². The number of hydrogen-bond donors (Lipinski definition) is 3. The number of carboxylic acids is 1. The summed E-state index contributed by atoms with van der Waals surface area (Å²) >= 11 is 0. The number of carboxylic acid groups (broad SMARTS) is 1. The Morgan fingerprint density at radius 3 is 2.20 bits per heavy atom. The van der Waals surface area contributed by atoms with Gasteiger partial charge >= 0.3 is 12.1 Å². The van der Waals surface area contributed by atoms with E-state index in [2.05, 4.69) is 10.6 Å². The predicted octanol–water partition coefficient (Wildman–Crippen LogP) is 4.02. The van der Waals surface area contributed by atoms with Crippen molar-refractivity contribution < 1.29 is 33.4 Å². The fourth-order valence-electron chi connectivity index (χ4n) is 4.13. The normalized spacial score (nSPS) is 12.9. The van der Waals surface area contributed by atoms with E-state index < -0.39 is 35.4 Å². The lowest BCUT2D eigenvalue weighted by molar-refractivity contribution is -0.119. The minimum atomic E-state index is -1.42. The first-order chi connectivity index (χ1) is 16.9. The number of hydrogen-bond acceptors (Lipinski definition) is 5. The highest BCUT2D eigenvalue weighted by atomic mass is 19.1. The second-order valence-electron chi connectivity index (χ2n) is 7.97. The summed E-state index contributed by atoms with van der Waals surface area (Å²) in [6.07, 6.45) is -0.809. The summed E-state index contributed by atoms with van der Waals surface area (Å²) in [5, 5.41) is 13.8. The maximum atomic E-state index is 13.9. The number of halogens is 1. The molecule has 0 fully saturated rings. The maximum absolute atomic E-state index is 13.9. The van der Waals surface area contributed by atoms with Gasteiger partial charge < -0.3 is 25.2 Å². The summed E-state index contributed by atoms with van der Waals surface area (Å²) < 4.78 is 24.4. The SMILES string of the molecule is COC[C@H](NC(=O)OCC1c2ccccc2-c2ccccc21)C(=O)Nc1ccc(C(=O)O)c(F)c1.